The number of amides is 1. The molecular weight excluding hydrogens is 410 g/mol. The van der Waals surface area contributed by atoms with E-state index in [9.17, 15) is 4.79 Å². The van der Waals surface area contributed by atoms with Crippen LogP contribution in [-0.4, -0.2) is 11.9 Å². The van der Waals surface area contributed by atoms with Crippen molar-refractivity contribution in [2.45, 2.75) is 18.5 Å². The van der Waals surface area contributed by atoms with Gasteiger partial charge in [-0.1, -0.05) is 50.1 Å². The fourth-order valence-electron chi connectivity index (χ4n) is 2.44. The minimum Gasteiger partial charge on any atom is -0.325 e. The van der Waals surface area contributed by atoms with Crippen LogP contribution in [0.25, 0.3) is 0 Å². The molecule has 1 saturated heterocycles. The Balaban J connectivity index is 1.62. The van der Waals surface area contributed by atoms with Crippen molar-refractivity contribution in [2.75, 3.05) is 5.32 Å². The molecule has 0 aromatic heterocycles. The van der Waals surface area contributed by atoms with Gasteiger partial charge in [0.05, 0.1) is 0 Å². The van der Waals surface area contributed by atoms with Gasteiger partial charge in [0.25, 0.3) is 0 Å². The van der Waals surface area contributed by atoms with E-state index in [4.69, 9.17) is 0 Å². The quantitative estimate of drug-likeness (QED) is 0.703. The van der Waals surface area contributed by atoms with Crippen LogP contribution in [0.3, 0.4) is 0 Å². The Morgan fingerprint density at radius 1 is 1.05 bits per heavy atom. The van der Waals surface area contributed by atoms with Crippen LogP contribution in [0.4, 0.5) is 5.69 Å². The zero-order valence-electron chi connectivity index (χ0n) is 11.6. The second-order valence-electron chi connectivity index (χ2n) is 5.18. The van der Waals surface area contributed by atoms with E-state index in [2.05, 4.69) is 60.2 Å². The summed E-state index contributed by atoms with van der Waals surface area (Å²) in [5.74, 6) is -0.0368. The minimum atomic E-state index is -0.257. The summed E-state index contributed by atoms with van der Waals surface area (Å²) in [5.41, 5.74) is 8.20. The van der Waals surface area contributed by atoms with Crippen molar-refractivity contribution < 1.29 is 4.79 Å². The molecule has 6 heteroatoms. The second-order valence-corrected chi connectivity index (χ2v) is 7.01. The largest absolute Gasteiger partial charge is 0.325 e. The Morgan fingerprint density at radius 3 is 2.55 bits per heavy atom. The number of benzene rings is 2. The van der Waals surface area contributed by atoms with Crippen LogP contribution in [-0.2, 0) is 4.79 Å². The van der Waals surface area contributed by atoms with E-state index in [1.165, 1.54) is 0 Å². The summed E-state index contributed by atoms with van der Waals surface area (Å²) in [6, 6.07) is 15.6. The van der Waals surface area contributed by atoms with E-state index in [0.29, 0.717) is 6.42 Å². The van der Waals surface area contributed by atoms with Crippen LogP contribution in [0.15, 0.2) is 57.5 Å². The number of anilines is 1. The van der Waals surface area contributed by atoms with Crippen LogP contribution in [0.2, 0.25) is 0 Å². The van der Waals surface area contributed by atoms with Gasteiger partial charge in [0.15, 0.2) is 0 Å². The molecule has 0 radical (unpaired) electrons. The maximum absolute atomic E-state index is 12.3. The number of hydrogen-bond donors (Lipinski definition) is 3. The van der Waals surface area contributed by atoms with Crippen molar-refractivity contribution in [1.82, 2.24) is 10.9 Å². The van der Waals surface area contributed by atoms with Gasteiger partial charge in [-0.25, -0.2) is 10.9 Å². The van der Waals surface area contributed by atoms with E-state index >= 15 is 0 Å². The van der Waals surface area contributed by atoms with E-state index in [1.54, 1.807) is 0 Å². The molecule has 2 atom stereocenters. The molecule has 1 amide bonds. The van der Waals surface area contributed by atoms with Gasteiger partial charge in [0, 0.05) is 20.7 Å². The number of halogens is 2. The third-order valence-corrected chi connectivity index (χ3v) is 4.61. The first kappa shape index (κ1) is 15.7. The van der Waals surface area contributed by atoms with Gasteiger partial charge in [0.1, 0.15) is 6.04 Å². The summed E-state index contributed by atoms with van der Waals surface area (Å²) < 4.78 is 1.99. The monoisotopic (exact) mass is 423 g/mol. The molecule has 22 heavy (non-hydrogen) atoms. The summed E-state index contributed by atoms with van der Waals surface area (Å²) >= 11 is 6.83. The fourth-order valence-corrected chi connectivity index (χ4v) is 3.10. The van der Waals surface area contributed by atoms with Crippen molar-refractivity contribution >= 4 is 43.5 Å². The summed E-state index contributed by atoms with van der Waals surface area (Å²) in [4.78, 5) is 12.3. The van der Waals surface area contributed by atoms with Crippen LogP contribution < -0.4 is 16.2 Å². The Hall–Kier alpha value is -1.21. The third-order valence-electron chi connectivity index (χ3n) is 3.58. The molecule has 2 unspecified atom stereocenters. The molecule has 1 aliphatic rings. The standard InChI is InChI=1S/C16H15Br2N3O/c17-11-6-4-10(5-7-11)14-9-15(21-20-14)16(22)19-13-3-1-2-12(18)8-13/h1-8,14-15,20-21H,9H2,(H,19,22). The molecule has 1 aliphatic heterocycles. The molecular formula is C16H15Br2N3O. The Bertz CT molecular complexity index is 675. The molecule has 3 rings (SSSR count). The molecule has 0 saturated carbocycles. The summed E-state index contributed by atoms with van der Waals surface area (Å²) in [6.07, 6.45) is 0.710. The topological polar surface area (TPSA) is 53.2 Å². The highest BCUT2D eigenvalue weighted by molar-refractivity contribution is 9.10. The highest BCUT2D eigenvalue weighted by atomic mass is 79.9. The van der Waals surface area contributed by atoms with Gasteiger partial charge < -0.3 is 5.32 Å². The average Bonchev–Trinajstić information content (AvgIpc) is 2.98. The molecule has 0 bridgehead atoms. The predicted molar refractivity (Wildman–Crippen MR) is 94.3 cm³/mol. The predicted octanol–water partition coefficient (Wildman–Crippen LogP) is 3.76. The summed E-state index contributed by atoms with van der Waals surface area (Å²) in [6.45, 7) is 0. The van der Waals surface area contributed by atoms with Crippen LogP contribution in [0, 0.1) is 0 Å². The molecule has 0 spiro atoms. The Labute approximate surface area is 145 Å². The van der Waals surface area contributed by atoms with Crippen LogP contribution in [0.5, 0.6) is 0 Å². The summed E-state index contributed by atoms with van der Waals surface area (Å²) in [5, 5.41) is 2.93. The van der Waals surface area contributed by atoms with Crippen molar-refractivity contribution in [3.63, 3.8) is 0 Å². The van der Waals surface area contributed by atoms with Crippen molar-refractivity contribution in [3.05, 3.63) is 63.0 Å². The van der Waals surface area contributed by atoms with E-state index in [1.807, 2.05) is 36.4 Å². The lowest BCUT2D eigenvalue weighted by Crippen LogP contribution is -2.39. The molecule has 114 valence electrons. The Kier molecular flexibility index (Phi) is 4.93. The van der Waals surface area contributed by atoms with Gasteiger partial charge in [-0.3, -0.25) is 4.79 Å². The smallest absolute Gasteiger partial charge is 0.242 e. The number of nitrogens with one attached hydrogen (secondary N) is 3. The van der Waals surface area contributed by atoms with Gasteiger partial charge in [-0.15, -0.1) is 0 Å². The number of carbonyl (C=O) groups excluding carboxylic acids is 1. The third kappa shape index (κ3) is 3.76. The molecule has 0 aliphatic carbocycles. The van der Waals surface area contributed by atoms with Gasteiger partial charge >= 0.3 is 0 Å². The maximum Gasteiger partial charge on any atom is 0.242 e. The average molecular weight is 425 g/mol. The number of hydrazine groups is 1. The normalized spacial score (nSPS) is 20.8. The minimum absolute atomic E-state index is 0.0368. The molecule has 3 N–H and O–H groups in total. The second kappa shape index (κ2) is 6.91. The zero-order chi connectivity index (χ0) is 15.5. The highest BCUT2D eigenvalue weighted by Crippen LogP contribution is 2.24. The van der Waals surface area contributed by atoms with Gasteiger partial charge in [-0.2, -0.15) is 0 Å². The van der Waals surface area contributed by atoms with Crippen molar-refractivity contribution in [3.8, 4) is 0 Å². The maximum atomic E-state index is 12.3. The van der Waals surface area contributed by atoms with Crippen LogP contribution >= 0.6 is 31.9 Å². The first-order valence-electron chi connectivity index (χ1n) is 6.95. The number of hydrogen-bond acceptors (Lipinski definition) is 3. The SMILES string of the molecule is O=C(Nc1cccc(Br)c1)C1CC(c2ccc(Br)cc2)NN1. The zero-order valence-corrected chi connectivity index (χ0v) is 14.8. The van der Waals surface area contributed by atoms with E-state index in [-0.39, 0.29) is 18.0 Å². The lowest BCUT2D eigenvalue weighted by molar-refractivity contribution is -0.117. The summed E-state index contributed by atoms with van der Waals surface area (Å²) in [7, 11) is 0. The fraction of sp³-hybridized carbons (Fsp3) is 0.188. The van der Waals surface area contributed by atoms with Crippen molar-refractivity contribution in [2.24, 2.45) is 0 Å². The van der Waals surface area contributed by atoms with Gasteiger partial charge in [-0.05, 0) is 42.3 Å². The lowest BCUT2D eigenvalue weighted by atomic mass is 10.0. The van der Waals surface area contributed by atoms with E-state index in [0.717, 1.165) is 20.2 Å². The molecule has 4 nitrogen and oxygen atoms in total. The van der Waals surface area contributed by atoms with Crippen LogP contribution in [0.1, 0.15) is 18.0 Å². The molecule has 1 fully saturated rings. The van der Waals surface area contributed by atoms with Crippen molar-refractivity contribution in [1.29, 1.82) is 0 Å². The molecule has 2 aromatic rings. The lowest BCUT2D eigenvalue weighted by Gasteiger charge is -2.11. The Morgan fingerprint density at radius 2 is 1.82 bits per heavy atom. The number of rotatable bonds is 3. The van der Waals surface area contributed by atoms with E-state index < -0.39 is 0 Å². The first-order valence-corrected chi connectivity index (χ1v) is 8.53. The highest BCUT2D eigenvalue weighted by Gasteiger charge is 2.30. The van der Waals surface area contributed by atoms with Gasteiger partial charge in [0.2, 0.25) is 5.91 Å². The molecule has 1 heterocycles. The first-order chi connectivity index (χ1) is 10.6. The molecule has 2 aromatic carbocycles. The number of carbonyl (C=O) groups is 1.